The molecule has 2 aromatic rings. The van der Waals surface area contributed by atoms with Crippen LogP contribution >= 0.6 is 11.6 Å². The molecule has 3 aliphatic rings. The Hall–Kier alpha value is -2.93. The lowest BCUT2D eigenvalue weighted by Gasteiger charge is -2.23. The Morgan fingerprint density at radius 2 is 1.93 bits per heavy atom. The van der Waals surface area contributed by atoms with Gasteiger partial charge in [-0.1, -0.05) is 17.7 Å². The SMILES string of the molecule is COc1ccc2c(c1)C1(CC2)NC(=O)N(Cc2cc3c(cc2Cl)OCCO3)C1=O. The molecule has 7 nitrogen and oxygen atoms in total. The molecule has 150 valence electrons. The maximum absolute atomic E-state index is 13.4. The smallest absolute Gasteiger partial charge is 0.325 e. The van der Waals surface area contributed by atoms with Gasteiger partial charge in [0.25, 0.3) is 5.91 Å². The molecule has 1 aliphatic carbocycles. The Kier molecular flexibility index (Phi) is 4.10. The van der Waals surface area contributed by atoms with E-state index in [1.165, 1.54) is 4.90 Å². The van der Waals surface area contributed by atoms with Crippen molar-refractivity contribution >= 4 is 23.5 Å². The van der Waals surface area contributed by atoms with Gasteiger partial charge in [-0.2, -0.15) is 0 Å². The number of ether oxygens (including phenoxy) is 3. The van der Waals surface area contributed by atoms with Gasteiger partial charge >= 0.3 is 6.03 Å². The number of carbonyl (C=O) groups excluding carboxylic acids is 2. The highest BCUT2D eigenvalue weighted by molar-refractivity contribution is 6.31. The molecule has 1 spiro atoms. The number of hydrogen-bond acceptors (Lipinski definition) is 5. The zero-order valence-corrected chi connectivity index (χ0v) is 16.5. The molecule has 2 aliphatic heterocycles. The van der Waals surface area contributed by atoms with Crippen LogP contribution in [0.25, 0.3) is 0 Å². The van der Waals surface area contributed by atoms with Crippen LogP contribution in [0.5, 0.6) is 17.2 Å². The molecule has 1 fully saturated rings. The summed E-state index contributed by atoms with van der Waals surface area (Å²) in [6.07, 6.45) is 1.23. The van der Waals surface area contributed by atoms with Crippen LogP contribution < -0.4 is 19.5 Å². The molecular formula is C21H19ClN2O5. The first kappa shape index (κ1) is 18.1. The second-order valence-electron chi connectivity index (χ2n) is 7.34. The maximum Gasteiger partial charge on any atom is 0.325 e. The number of carbonyl (C=O) groups is 2. The topological polar surface area (TPSA) is 77.1 Å². The first-order chi connectivity index (χ1) is 14.0. The Morgan fingerprint density at radius 1 is 1.17 bits per heavy atom. The van der Waals surface area contributed by atoms with Crippen LogP contribution in [0.3, 0.4) is 0 Å². The number of aryl methyl sites for hydroxylation is 1. The fourth-order valence-electron chi connectivity index (χ4n) is 4.27. The van der Waals surface area contributed by atoms with Crippen molar-refractivity contribution in [1.29, 1.82) is 0 Å². The Morgan fingerprint density at radius 3 is 2.69 bits per heavy atom. The van der Waals surface area contributed by atoms with Crippen LogP contribution in [-0.4, -0.2) is 37.2 Å². The summed E-state index contributed by atoms with van der Waals surface area (Å²) in [5, 5.41) is 3.34. The first-order valence-corrected chi connectivity index (χ1v) is 9.79. The van der Waals surface area contributed by atoms with Gasteiger partial charge in [-0.15, -0.1) is 0 Å². The Balaban J connectivity index is 1.48. The molecule has 2 aromatic carbocycles. The van der Waals surface area contributed by atoms with E-state index in [1.807, 2.05) is 18.2 Å². The number of rotatable bonds is 3. The van der Waals surface area contributed by atoms with Crippen molar-refractivity contribution in [2.45, 2.75) is 24.9 Å². The molecule has 2 heterocycles. The normalized spacial score (nSPS) is 22.1. The number of imide groups is 1. The van der Waals surface area contributed by atoms with Crippen molar-refractivity contribution in [3.05, 3.63) is 52.0 Å². The fraction of sp³-hybridized carbons (Fsp3) is 0.333. The minimum Gasteiger partial charge on any atom is -0.497 e. The molecule has 1 saturated heterocycles. The van der Waals surface area contributed by atoms with Crippen molar-refractivity contribution in [3.63, 3.8) is 0 Å². The predicted octanol–water partition coefficient (Wildman–Crippen LogP) is 3.01. The third kappa shape index (κ3) is 2.72. The van der Waals surface area contributed by atoms with Crippen molar-refractivity contribution in [1.82, 2.24) is 10.2 Å². The summed E-state index contributed by atoms with van der Waals surface area (Å²) < 4.78 is 16.4. The molecule has 1 atom stereocenters. The highest BCUT2D eigenvalue weighted by Crippen LogP contribution is 2.44. The molecule has 0 saturated carbocycles. The lowest BCUT2D eigenvalue weighted by molar-refractivity contribution is -0.132. The zero-order valence-electron chi connectivity index (χ0n) is 15.8. The van der Waals surface area contributed by atoms with E-state index in [4.69, 9.17) is 25.8 Å². The third-order valence-electron chi connectivity index (χ3n) is 5.76. The van der Waals surface area contributed by atoms with Crippen LogP contribution in [0.1, 0.15) is 23.1 Å². The van der Waals surface area contributed by atoms with Crippen molar-refractivity contribution in [2.75, 3.05) is 20.3 Å². The minimum absolute atomic E-state index is 0.0567. The Bertz CT molecular complexity index is 1040. The molecule has 0 bridgehead atoms. The lowest BCUT2D eigenvalue weighted by Crippen LogP contribution is -2.41. The molecule has 5 rings (SSSR count). The quantitative estimate of drug-likeness (QED) is 0.781. The second-order valence-corrected chi connectivity index (χ2v) is 7.74. The predicted molar refractivity (Wildman–Crippen MR) is 105 cm³/mol. The number of hydrogen-bond donors (Lipinski definition) is 1. The van der Waals surface area contributed by atoms with Gasteiger partial charge in [0.05, 0.1) is 13.7 Å². The summed E-state index contributed by atoms with van der Waals surface area (Å²) in [6, 6.07) is 8.61. The van der Waals surface area contributed by atoms with E-state index in [1.54, 1.807) is 19.2 Å². The van der Waals surface area contributed by atoms with Gasteiger partial charge in [-0.05, 0) is 47.7 Å². The minimum atomic E-state index is -1.05. The zero-order chi connectivity index (χ0) is 20.2. The van der Waals surface area contributed by atoms with E-state index in [9.17, 15) is 9.59 Å². The summed E-state index contributed by atoms with van der Waals surface area (Å²) in [4.78, 5) is 27.4. The maximum atomic E-state index is 13.4. The average molecular weight is 415 g/mol. The van der Waals surface area contributed by atoms with Gasteiger partial charge in [-0.25, -0.2) is 4.79 Å². The number of halogens is 1. The van der Waals surface area contributed by atoms with Gasteiger partial charge in [0, 0.05) is 11.1 Å². The molecular weight excluding hydrogens is 396 g/mol. The first-order valence-electron chi connectivity index (χ1n) is 9.41. The number of amides is 3. The van der Waals surface area contributed by atoms with Crippen LogP contribution in [0.2, 0.25) is 5.02 Å². The van der Waals surface area contributed by atoms with E-state index >= 15 is 0 Å². The number of benzene rings is 2. The summed E-state index contributed by atoms with van der Waals surface area (Å²) in [5.41, 5.74) is 1.41. The molecule has 1 N–H and O–H groups in total. The molecule has 29 heavy (non-hydrogen) atoms. The standard InChI is InChI=1S/C21H19ClN2O5/c1-27-14-3-2-12-4-5-21(15(12)9-14)19(25)24(20(26)23-21)11-13-8-17-18(10-16(13)22)29-7-6-28-17/h2-3,8-10H,4-7,11H2,1H3,(H,23,26). The average Bonchev–Trinajstić information content (AvgIpc) is 3.21. The van der Waals surface area contributed by atoms with Crippen LogP contribution in [0.4, 0.5) is 4.79 Å². The monoisotopic (exact) mass is 414 g/mol. The Labute approximate surface area is 172 Å². The third-order valence-corrected chi connectivity index (χ3v) is 6.11. The van der Waals surface area contributed by atoms with Crippen LogP contribution in [0.15, 0.2) is 30.3 Å². The highest BCUT2D eigenvalue weighted by atomic mass is 35.5. The molecule has 1 unspecified atom stereocenters. The van der Waals surface area contributed by atoms with Crippen molar-refractivity contribution < 1.29 is 23.8 Å². The number of urea groups is 1. The van der Waals surface area contributed by atoms with Gasteiger partial charge in [-0.3, -0.25) is 9.69 Å². The molecule has 3 amide bonds. The fourth-order valence-corrected chi connectivity index (χ4v) is 4.49. The van der Waals surface area contributed by atoms with Crippen LogP contribution in [0, 0.1) is 0 Å². The largest absolute Gasteiger partial charge is 0.497 e. The van der Waals surface area contributed by atoms with Gasteiger partial charge in [0.1, 0.15) is 24.5 Å². The number of nitrogens with one attached hydrogen (secondary N) is 1. The highest BCUT2D eigenvalue weighted by Gasteiger charge is 2.55. The summed E-state index contributed by atoms with van der Waals surface area (Å²) in [5.74, 6) is 1.50. The summed E-state index contributed by atoms with van der Waals surface area (Å²) in [6.45, 7) is 0.960. The molecule has 0 aromatic heterocycles. The van der Waals surface area contributed by atoms with E-state index in [2.05, 4.69) is 5.32 Å². The number of methoxy groups -OCH3 is 1. The molecule has 0 radical (unpaired) electrons. The summed E-state index contributed by atoms with van der Waals surface area (Å²) >= 11 is 6.39. The van der Waals surface area contributed by atoms with E-state index in [0.29, 0.717) is 53.9 Å². The number of fused-ring (bicyclic) bond motifs is 3. The second kappa shape index (κ2) is 6.56. The van der Waals surface area contributed by atoms with E-state index in [-0.39, 0.29) is 12.5 Å². The van der Waals surface area contributed by atoms with E-state index in [0.717, 1.165) is 11.1 Å². The van der Waals surface area contributed by atoms with Crippen molar-refractivity contribution in [3.8, 4) is 17.2 Å². The van der Waals surface area contributed by atoms with Gasteiger partial charge in [0.15, 0.2) is 11.5 Å². The van der Waals surface area contributed by atoms with Gasteiger partial charge < -0.3 is 19.5 Å². The lowest BCUT2D eigenvalue weighted by atomic mass is 9.91. The van der Waals surface area contributed by atoms with Crippen molar-refractivity contribution in [2.24, 2.45) is 0 Å². The van der Waals surface area contributed by atoms with Gasteiger partial charge in [0.2, 0.25) is 0 Å². The number of nitrogens with zero attached hydrogens (tertiary/aromatic N) is 1. The van der Waals surface area contributed by atoms with Crippen LogP contribution in [-0.2, 0) is 23.3 Å². The molecule has 8 heteroatoms. The van der Waals surface area contributed by atoms with E-state index < -0.39 is 11.6 Å². The summed E-state index contributed by atoms with van der Waals surface area (Å²) in [7, 11) is 1.58.